The number of para-hydroxylation sites is 3. The quantitative estimate of drug-likeness (QED) is 0.474. The van der Waals surface area contributed by atoms with E-state index in [2.05, 4.69) is 26.0 Å². The summed E-state index contributed by atoms with van der Waals surface area (Å²) in [5, 5.41) is 9.99. The maximum Gasteiger partial charge on any atom is 0.169 e. The predicted octanol–water partition coefficient (Wildman–Crippen LogP) is 7.04. The molecule has 0 bridgehead atoms. The molecule has 2 nitrogen and oxygen atoms in total. The average Bonchev–Trinajstić information content (AvgIpc) is 2.61. The number of ether oxygens (including phenoxy) is 1. The fourth-order valence-electron chi connectivity index (χ4n) is 3.12. The molecule has 0 aromatic heterocycles. The second-order valence-corrected chi connectivity index (χ2v) is 6.44. The van der Waals surface area contributed by atoms with Gasteiger partial charge in [0.25, 0.3) is 0 Å². The first-order valence-corrected chi connectivity index (χ1v) is 9.31. The van der Waals surface area contributed by atoms with Crippen molar-refractivity contribution in [1.29, 1.82) is 0 Å². The van der Waals surface area contributed by atoms with Crippen molar-refractivity contribution in [3.05, 3.63) is 54.1 Å². The summed E-state index contributed by atoms with van der Waals surface area (Å²) >= 11 is 0. The smallest absolute Gasteiger partial charge is 0.169 e. The number of rotatable bonds is 10. The molecule has 0 heterocycles. The highest BCUT2D eigenvalue weighted by molar-refractivity contribution is 5.45. The van der Waals surface area contributed by atoms with Crippen LogP contribution in [0.1, 0.15) is 70.3 Å². The van der Waals surface area contributed by atoms with Crippen LogP contribution in [0.5, 0.6) is 17.2 Å². The highest BCUT2D eigenvalue weighted by Gasteiger charge is 2.16. The van der Waals surface area contributed by atoms with Gasteiger partial charge in [0.2, 0.25) is 0 Å². The molecule has 0 saturated carbocycles. The van der Waals surface area contributed by atoms with Crippen molar-refractivity contribution in [1.82, 2.24) is 0 Å². The minimum absolute atomic E-state index is 0.184. The summed E-state index contributed by atoms with van der Waals surface area (Å²) in [6, 6.07) is 15.4. The van der Waals surface area contributed by atoms with E-state index < -0.39 is 0 Å². The first-order chi connectivity index (χ1) is 11.8. The first kappa shape index (κ1) is 18.4. The van der Waals surface area contributed by atoms with Crippen molar-refractivity contribution >= 4 is 0 Å². The van der Waals surface area contributed by atoms with E-state index in [9.17, 15) is 5.11 Å². The standard InChI is InChI=1S/C22H30O2/c1-3-5-7-13-18(12-6-4-2)19-14-8-10-16-21(19)24-22-17-11-9-15-20(22)23/h8-11,14-18,23H,3-7,12-13H2,1-2H3. The number of aromatic hydroxyl groups is 1. The van der Waals surface area contributed by atoms with Gasteiger partial charge in [0.1, 0.15) is 5.75 Å². The fraction of sp³-hybridized carbons (Fsp3) is 0.455. The van der Waals surface area contributed by atoms with Gasteiger partial charge in [0.05, 0.1) is 0 Å². The monoisotopic (exact) mass is 326 g/mol. The van der Waals surface area contributed by atoms with E-state index in [4.69, 9.17) is 4.74 Å². The van der Waals surface area contributed by atoms with Crippen molar-refractivity contribution in [3.63, 3.8) is 0 Å². The molecule has 0 saturated heterocycles. The Morgan fingerprint density at radius 3 is 2.12 bits per heavy atom. The van der Waals surface area contributed by atoms with Crippen LogP contribution in [-0.2, 0) is 0 Å². The van der Waals surface area contributed by atoms with Gasteiger partial charge in [-0.3, -0.25) is 0 Å². The fourth-order valence-corrected chi connectivity index (χ4v) is 3.12. The lowest BCUT2D eigenvalue weighted by atomic mass is 9.88. The molecule has 0 fully saturated rings. The minimum Gasteiger partial charge on any atom is -0.504 e. The lowest BCUT2D eigenvalue weighted by Gasteiger charge is -2.21. The molecule has 2 rings (SSSR count). The Morgan fingerprint density at radius 2 is 1.42 bits per heavy atom. The third-order valence-corrected chi connectivity index (χ3v) is 4.51. The number of unbranched alkanes of at least 4 members (excludes halogenated alkanes) is 3. The third kappa shape index (κ3) is 5.30. The number of phenols is 1. The molecule has 1 N–H and O–H groups in total. The van der Waals surface area contributed by atoms with Gasteiger partial charge >= 0.3 is 0 Å². The van der Waals surface area contributed by atoms with E-state index >= 15 is 0 Å². The van der Waals surface area contributed by atoms with Gasteiger partial charge in [0, 0.05) is 0 Å². The molecule has 1 atom stereocenters. The Labute approximate surface area is 146 Å². The maximum absolute atomic E-state index is 9.99. The lowest BCUT2D eigenvalue weighted by molar-refractivity contribution is 0.403. The van der Waals surface area contributed by atoms with Crippen LogP contribution in [0, 0.1) is 0 Å². The van der Waals surface area contributed by atoms with Crippen molar-refractivity contribution < 1.29 is 9.84 Å². The van der Waals surface area contributed by atoms with Crippen LogP contribution in [-0.4, -0.2) is 5.11 Å². The number of phenolic OH excluding ortho intramolecular Hbond substituents is 1. The van der Waals surface area contributed by atoms with Gasteiger partial charge in [-0.1, -0.05) is 76.3 Å². The van der Waals surface area contributed by atoms with Crippen LogP contribution in [0.3, 0.4) is 0 Å². The van der Waals surface area contributed by atoms with Gasteiger partial charge < -0.3 is 9.84 Å². The largest absolute Gasteiger partial charge is 0.504 e. The Kier molecular flexibility index (Phi) is 7.67. The number of benzene rings is 2. The Balaban J connectivity index is 2.21. The Bertz CT molecular complexity index is 606. The summed E-state index contributed by atoms with van der Waals surface area (Å²) in [5.41, 5.74) is 1.27. The zero-order chi connectivity index (χ0) is 17.2. The summed E-state index contributed by atoms with van der Waals surface area (Å²) in [5.74, 6) is 2.10. The molecule has 0 spiro atoms. The molecule has 0 aliphatic carbocycles. The Hall–Kier alpha value is -1.96. The highest BCUT2D eigenvalue weighted by Crippen LogP contribution is 2.38. The Morgan fingerprint density at radius 1 is 0.792 bits per heavy atom. The minimum atomic E-state index is 0.184. The molecule has 2 aromatic rings. The van der Waals surface area contributed by atoms with Gasteiger partial charge in [0.15, 0.2) is 11.5 Å². The highest BCUT2D eigenvalue weighted by atomic mass is 16.5. The van der Waals surface area contributed by atoms with Crippen molar-refractivity contribution in [2.45, 2.75) is 64.7 Å². The van der Waals surface area contributed by atoms with Gasteiger partial charge in [-0.15, -0.1) is 0 Å². The summed E-state index contributed by atoms with van der Waals surface area (Å²) in [4.78, 5) is 0. The molecule has 1 unspecified atom stereocenters. The molecule has 2 aromatic carbocycles. The second-order valence-electron chi connectivity index (χ2n) is 6.44. The van der Waals surface area contributed by atoms with Crippen LogP contribution in [0.4, 0.5) is 0 Å². The zero-order valence-electron chi connectivity index (χ0n) is 15.0. The topological polar surface area (TPSA) is 29.5 Å². The third-order valence-electron chi connectivity index (χ3n) is 4.51. The summed E-state index contributed by atoms with van der Waals surface area (Å²) in [7, 11) is 0. The molecule has 130 valence electrons. The van der Waals surface area contributed by atoms with E-state index in [1.54, 1.807) is 6.07 Å². The molecular formula is C22H30O2. The van der Waals surface area contributed by atoms with Gasteiger partial charge in [-0.05, 0) is 42.5 Å². The van der Waals surface area contributed by atoms with Crippen molar-refractivity contribution in [2.24, 2.45) is 0 Å². The van der Waals surface area contributed by atoms with Crippen LogP contribution < -0.4 is 4.74 Å². The second kappa shape index (κ2) is 10.0. The molecule has 0 aliphatic heterocycles. The predicted molar refractivity (Wildman–Crippen MR) is 101 cm³/mol. The van der Waals surface area contributed by atoms with E-state index in [0.717, 1.165) is 5.75 Å². The normalized spacial score (nSPS) is 12.1. The molecule has 24 heavy (non-hydrogen) atoms. The SMILES string of the molecule is CCCCCC(CCCC)c1ccccc1Oc1ccccc1O. The summed E-state index contributed by atoms with van der Waals surface area (Å²) < 4.78 is 6.06. The molecular weight excluding hydrogens is 296 g/mol. The number of hydrogen-bond acceptors (Lipinski definition) is 2. The van der Waals surface area contributed by atoms with Crippen molar-refractivity contribution in [2.75, 3.05) is 0 Å². The van der Waals surface area contributed by atoms with Crippen LogP contribution in [0.25, 0.3) is 0 Å². The van der Waals surface area contributed by atoms with E-state index in [1.165, 1.54) is 50.5 Å². The van der Waals surface area contributed by atoms with Crippen LogP contribution in [0.2, 0.25) is 0 Å². The average molecular weight is 326 g/mol. The van der Waals surface area contributed by atoms with Crippen LogP contribution >= 0.6 is 0 Å². The van der Waals surface area contributed by atoms with E-state index in [0.29, 0.717) is 11.7 Å². The first-order valence-electron chi connectivity index (χ1n) is 9.31. The van der Waals surface area contributed by atoms with Crippen LogP contribution in [0.15, 0.2) is 48.5 Å². The molecule has 0 radical (unpaired) electrons. The zero-order valence-corrected chi connectivity index (χ0v) is 15.0. The van der Waals surface area contributed by atoms with E-state index in [-0.39, 0.29) is 5.75 Å². The summed E-state index contributed by atoms with van der Waals surface area (Å²) in [6.07, 6.45) is 8.64. The lowest BCUT2D eigenvalue weighted by Crippen LogP contribution is -2.02. The number of hydrogen-bond donors (Lipinski definition) is 1. The van der Waals surface area contributed by atoms with Gasteiger partial charge in [-0.2, -0.15) is 0 Å². The molecule has 0 amide bonds. The van der Waals surface area contributed by atoms with Gasteiger partial charge in [-0.25, -0.2) is 0 Å². The summed E-state index contributed by atoms with van der Waals surface area (Å²) in [6.45, 7) is 4.49. The molecule has 2 heteroatoms. The molecule has 0 aliphatic rings. The van der Waals surface area contributed by atoms with Crippen molar-refractivity contribution in [3.8, 4) is 17.2 Å². The maximum atomic E-state index is 9.99. The van der Waals surface area contributed by atoms with E-state index in [1.807, 2.05) is 30.3 Å².